The van der Waals surface area contributed by atoms with Crippen molar-refractivity contribution < 1.29 is 10.0 Å². The highest BCUT2D eigenvalue weighted by molar-refractivity contribution is 5.54. The summed E-state index contributed by atoms with van der Waals surface area (Å²) in [5, 5.41) is 28.4. The lowest BCUT2D eigenvalue weighted by molar-refractivity contribution is -0.384. The van der Waals surface area contributed by atoms with Gasteiger partial charge in [0.1, 0.15) is 6.20 Å². The summed E-state index contributed by atoms with van der Waals surface area (Å²) in [4.78, 5) is 10.4. The van der Waals surface area contributed by atoms with Gasteiger partial charge in [-0.25, -0.2) is 0 Å². The van der Waals surface area contributed by atoms with Crippen LogP contribution in [-0.2, 0) is 7.05 Å². The number of nitro groups is 1. The summed E-state index contributed by atoms with van der Waals surface area (Å²) in [5.41, 5.74) is -0.600. The van der Waals surface area contributed by atoms with Gasteiger partial charge in [-0.15, -0.1) is 5.10 Å². The number of aromatic nitrogens is 2. The molecule has 7 nitrogen and oxygen atoms in total. The van der Waals surface area contributed by atoms with Crippen molar-refractivity contribution in [3.05, 3.63) is 16.3 Å². The second kappa shape index (κ2) is 5.05. The van der Waals surface area contributed by atoms with E-state index in [1.165, 1.54) is 10.9 Å². The Morgan fingerprint density at radius 2 is 2.05 bits per heavy atom. The molecule has 0 unspecified atom stereocenters. The minimum atomic E-state index is -0.805. The van der Waals surface area contributed by atoms with Gasteiger partial charge in [0.05, 0.1) is 10.5 Å². The van der Waals surface area contributed by atoms with Crippen LogP contribution in [0.4, 0.5) is 11.5 Å². The Morgan fingerprint density at radius 3 is 2.60 bits per heavy atom. The Morgan fingerprint density at radius 1 is 1.45 bits per heavy atom. The van der Waals surface area contributed by atoms with Crippen molar-refractivity contribution >= 4 is 11.5 Å². The quantitative estimate of drug-likeness (QED) is 0.651. The average Bonchev–Trinajstić information content (AvgIpc) is 2.73. The van der Waals surface area contributed by atoms with Crippen LogP contribution in [0.1, 0.15) is 39.5 Å². The van der Waals surface area contributed by atoms with Gasteiger partial charge in [-0.05, 0) is 31.1 Å². The van der Waals surface area contributed by atoms with E-state index in [0.717, 1.165) is 12.8 Å². The molecule has 1 heterocycles. The summed E-state index contributed by atoms with van der Waals surface area (Å²) in [6.07, 6.45) is 4.67. The predicted octanol–water partition coefficient (Wildman–Crippen LogP) is 2.07. The van der Waals surface area contributed by atoms with Crippen molar-refractivity contribution in [2.45, 2.75) is 45.1 Å². The third kappa shape index (κ3) is 3.27. The van der Waals surface area contributed by atoms with Crippen molar-refractivity contribution in [2.75, 3.05) is 11.9 Å². The lowest BCUT2D eigenvalue weighted by atomic mass is 9.71. The molecule has 0 amide bonds. The molecule has 0 spiro atoms. The average molecular weight is 282 g/mol. The molecular formula is C13H22N4O3. The Kier molecular flexibility index (Phi) is 3.73. The van der Waals surface area contributed by atoms with Gasteiger partial charge in [0, 0.05) is 13.6 Å². The normalized spacial score (nSPS) is 20.6. The highest BCUT2D eigenvalue weighted by atomic mass is 16.6. The molecular weight excluding hydrogens is 260 g/mol. The number of rotatable bonds is 4. The highest BCUT2D eigenvalue weighted by Crippen LogP contribution is 2.40. The number of nitrogens with one attached hydrogen (secondary N) is 1. The van der Waals surface area contributed by atoms with E-state index in [0.29, 0.717) is 19.4 Å². The summed E-state index contributed by atoms with van der Waals surface area (Å²) in [5.74, 6) is 0.218. The first kappa shape index (κ1) is 14.8. The van der Waals surface area contributed by atoms with Crippen LogP contribution in [0.2, 0.25) is 0 Å². The SMILES string of the molecule is Cn1cc([N+](=O)[O-])c(NCC2(O)CCC(C)(C)CC2)n1. The Labute approximate surface area is 118 Å². The number of anilines is 1. The highest BCUT2D eigenvalue weighted by Gasteiger charge is 2.37. The van der Waals surface area contributed by atoms with Crippen LogP contribution in [0.3, 0.4) is 0 Å². The molecule has 1 aliphatic carbocycles. The summed E-state index contributed by atoms with van der Waals surface area (Å²) in [6.45, 7) is 4.69. The van der Waals surface area contributed by atoms with Gasteiger partial charge in [-0.2, -0.15) is 0 Å². The molecule has 2 N–H and O–H groups in total. The van der Waals surface area contributed by atoms with Crippen LogP contribution in [-0.4, -0.2) is 32.0 Å². The first-order valence-electron chi connectivity index (χ1n) is 6.85. The first-order valence-corrected chi connectivity index (χ1v) is 6.85. The van der Waals surface area contributed by atoms with E-state index in [4.69, 9.17) is 0 Å². The maximum absolute atomic E-state index is 10.9. The van der Waals surface area contributed by atoms with Gasteiger partial charge < -0.3 is 10.4 Å². The van der Waals surface area contributed by atoms with Crippen molar-refractivity contribution in [3.8, 4) is 0 Å². The molecule has 0 saturated heterocycles. The van der Waals surface area contributed by atoms with Crippen molar-refractivity contribution in [1.29, 1.82) is 0 Å². The molecule has 7 heteroatoms. The molecule has 1 saturated carbocycles. The zero-order valence-corrected chi connectivity index (χ0v) is 12.2. The Balaban J connectivity index is 2.00. The van der Waals surface area contributed by atoms with Gasteiger partial charge in [-0.3, -0.25) is 14.8 Å². The monoisotopic (exact) mass is 282 g/mol. The molecule has 0 radical (unpaired) electrons. The molecule has 0 bridgehead atoms. The second-order valence-corrected chi connectivity index (χ2v) is 6.54. The van der Waals surface area contributed by atoms with Crippen molar-refractivity contribution in [1.82, 2.24) is 9.78 Å². The zero-order chi connectivity index (χ0) is 15.0. The fourth-order valence-electron chi connectivity index (χ4n) is 2.55. The molecule has 1 aromatic rings. The smallest absolute Gasteiger partial charge is 0.330 e. The lowest BCUT2D eigenvalue weighted by Gasteiger charge is -2.40. The Bertz CT molecular complexity index is 500. The van der Waals surface area contributed by atoms with E-state index in [2.05, 4.69) is 24.3 Å². The van der Waals surface area contributed by atoms with Gasteiger partial charge in [0.15, 0.2) is 0 Å². The van der Waals surface area contributed by atoms with Crippen molar-refractivity contribution in [3.63, 3.8) is 0 Å². The van der Waals surface area contributed by atoms with Gasteiger partial charge in [-0.1, -0.05) is 13.8 Å². The number of hydrogen-bond acceptors (Lipinski definition) is 5. The maximum Gasteiger partial charge on any atom is 0.330 e. The van der Waals surface area contributed by atoms with Crippen LogP contribution < -0.4 is 5.32 Å². The summed E-state index contributed by atoms with van der Waals surface area (Å²) in [6, 6.07) is 0. The van der Waals surface area contributed by atoms with E-state index in [1.54, 1.807) is 7.05 Å². The van der Waals surface area contributed by atoms with Crippen LogP contribution in [0, 0.1) is 15.5 Å². The van der Waals surface area contributed by atoms with E-state index >= 15 is 0 Å². The maximum atomic E-state index is 10.9. The Hall–Kier alpha value is -1.63. The fraction of sp³-hybridized carbons (Fsp3) is 0.769. The second-order valence-electron chi connectivity index (χ2n) is 6.54. The third-order valence-electron chi connectivity index (χ3n) is 4.13. The predicted molar refractivity (Wildman–Crippen MR) is 75.6 cm³/mol. The first-order chi connectivity index (χ1) is 9.21. The number of aliphatic hydroxyl groups is 1. The molecule has 0 aliphatic heterocycles. The molecule has 1 fully saturated rings. The minimum Gasteiger partial charge on any atom is -0.388 e. The van der Waals surface area contributed by atoms with Crippen LogP contribution in [0.5, 0.6) is 0 Å². The van der Waals surface area contributed by atoms with E-state index in [1.807, 2.05) is 0 Å². The molecule has 1 aliphatic rings. The standard InChI is InChI=1S/C13H22N4O3/c1-12(2)4-6-13(18,7-5-12)9-14-11-10(17(19)20)8-16(3)15-11/h8,18H,4-7,9H2,1-3H3,(H,14,15). The van der Waals surface area contributed by atoms with Gasteiger partial charge in [0.25, 0.3) is 0 Å². The fourth-order valence-corrected chi connectivity index (χ4v) is 2.55. The molecule has 112 valence electrons. The number of aryl methyl sites for hydroxylation is 1. The lowest BCUT2D eigenvalue weighted by Crippen LogP contribution is -2.42. The van der Waals surface area contributed by atoms with Crippen LogP contribution in [0.25, 0.3) is 0 Å². The van der Waals surface area contributed by atoms with Crippen LogP contribution in [0.15, 0.2) is 6.20 Å². The third-order valence-corrected chi connectivity index (χ3v) is 4.13. The number of nitrogens with zero attached hydrogens (tertiary/aromatic N) is 3. The molecule has 20 heavy (non-hydrogen) atoms. The molecule has 0 aromatic carbocycles. The number of hydrogen-bond donors (Lipinski definition) is 2. The van der Waals surface area contributed by atoms with Crippen LogP contribution >= 0.6 is 0 Å². The summed E-state index contributed by atoms with van der Waals surface area (Å²) in [7, 11) is 1.63. The van der Waals surface area contributed by atoms with Crippen molar-refractivity contribution in [2.24, 2.45) is 12.5 Å². The van der Waals surface area contributed by atoms with Gasteiger partial charge >= 0.3 is 5.69 Å². The summed E-state index contributed by atoms with van der Waals surface area (Å²) >= 11 is 0. The van der Waals surface area contributed by atoms with E-state index in [9.17, 15) is 15.2 Å². The zero-order valence-electron chi connectivity index (χ0n) is 12.2. The summed E-state index contributed by atoms with van der Waals surface area (Å²) < 4.78 is 1.40. The topological polar surface area (TPSA) is 93.2 Å². The largest absolute Gasteiger partial charge is 0.388 e. The minimum absolute atomic E-state index is 0.0627. The molecule has 2 rings (SSSR count). The van der Waals surface area contributed by atoms with Gasteiger partial charge in [0.2, 0.25) is 5.82 Å². The van der Waals surface area contributed by atoms with E-state index in [-0.39, 0.29) is 16.9 Å². The molecule has 0 atom stereocenters. The van der Waals surface area contributed by atoms with E-state index < -0.39 is 10.5 Å². The molecule has 1 aromatic heterocycles.